The maximum Gasteiger partial charge on any atom is 0.242 e. The van der Waals surface area contributed by atoms with E-state index >= 15 is 0 Å². The molecule has 4 rings (SSSR count). The van der Waals surface area contributed by atoms with Gasteiger partial charge in [-0.2, -0.15) is 0 Å². The van der Waals surface area contributed by atoms with Crippen LogP contribution < -0.4 is 10.6 Å². The van der Waals surface area contributed by atoms with Gasteiger partial charge in [-0.25, -0.2) is 0 Å². The van der Waals surface area contributed by atoms with Crippen molar-refractivity contribution in [1.82, 2.24) is 10.6 Å². The molecule has 21 heavy (non-hydrogen) atoms. The molecule has 0 unspecified atom stereocenters. The highest BCUT2D eigenvalue weighted by Crippen LogP contribution is 2.61. The van der Waals surface area contributed by atoms with Crippen molar-refractivity contribution in [2.45, 2.75) is 71.4 Å². The monoisotopic (exact) mass is 292 g/mol. The van der Waals surface area contributed by atoms with Crippen LogP contribution in [-0.4, -0.2) is 23.9 Å². The lowest BCUT2D eigenvalue weighted by molar-refractivity contribution is -0.130. The van der Waals surface area contributed by atoms with Gasteiger partial charge in [0.2, 0.25) is 11.8 Å². The minimum Gasteiger partial charge on any atom is -0.351 e. The average Bonchev–Trinajstić information content (AvgIpc) is 2.35. The van der Waals surface area contributed by atoms with E-state index in [9.17, 15) is 9.59 Å². The Labute approximate surface area is 127 Å². The molecule has 2 amide bonds. The highest BCUT2D eigenvalue weighted by molar-refractivity contribution is 5.86. The van der Waals surface area contributed by atoms with Gasteiger partial charge in [-0.3, -0.25) is 9.59 Å². The van der Waals surface area contributed by atoms with Crippen molar-refractivity contribution in [2.75, 3.05) is 0 Å². The molecule has 2 N–H and O–H groups in total. The third-order valence-corrected chi connectivity index (χ3v) is 6.18. The zero-order valence-corrected chi connectivity index (χ0v) is 13.4. The molecule has 118 valence electrons. The quantitative estimate of drug-likeness (QED) is 0.835. The van der Waals surface area contributed by atoms with E-state index in [-0.39, 0.29) is 17.9 Å². The number of carbonyl (C=O) groups excluding carboxylic acids is 2. The predicted octanol–water partition coefficient (Wildman–Crippen LogP) is 2.23. The van der Waals surface area contributed by atoms with E-state index in [2.05, 4.69) is 17.6 Å². The fraction of sp³-hybridized carbons (Fsp3) is 0.882. The molecule has 4 aliphatic carbocycles. The lowest BCUT2D eigenvalue weighted by atomic mass is 9.48. The largest absolute Gasteiger partial charge is 0.351 e. The lowest BCUT2D eigenvalue weighted by Crippen LogP contribution is -2.57. The fourth-order valence-corrected chi connectivity index (χ4v) is 5.57. The van der Waals surface area contributed by atoms with Crippen LogP contribution in [0.1, 0.15) is 59.3 Å². The van der Waals surface area contributed by atoms with Gasteiger partial charge in [0.25, 0.3) is 0 Å². The Morgan fingerprint density at radius 1 is 0.952 bits per heavy atom. The fourth-order valence-electron chi connectivity index (χ4n) is 5.57. The second-order valence-electron chi connectivity index (χ2n) is 7.93. The van der Waals surface area contributed by atoms with E-state index in [0.717, 1.165) is 17.8 Å². The molecule has 0 aromatic carbocycles. The Bertz CT molecular complexity index is 411. The maximum atomic E-state index is 12.3. The number of hydrogen-bond acceptors (Lipinski definition) is 2. The number of carbonyl (C=O) groups is 2. The summed E-state index contributed by atoms with van der Waals surface area (Å²) in [6, 6.07) is -0.228. The topological polar surface area (TPSA) is 58.2 Å². The zero-order valence-electron chi connectivity index (χ0n) is 13.4. The Kier molecular flexibility index (Phi) is 3.74. The Morgan fingerprint density at radius 3 is 1.86 bits per heavy atom. The first-order valence-electron chi connectivity index (χ1n) is 8.45. The summed E-state index contributed by atoms with van der Waals surface area (Å²) in [6.07, 6.45) is 8.12. The average molecular weight is 292 g/mol. The van der Waals surface area contributed by atoms with Crippen molar-refractivity contribution in [3.8, 4) is 0 Å². The first-order valence-corrected chi connectivity index (χ1v) is 8.45. The third kappa shape index (κ3) is 2.82. The number of amides is 2. The summed E-state index contributed by atoms with van der Waals surface area (Å²) >= 11 is 0. The van der Waals surface area contributed by atoms with E-state index in [0.29, 0.717) is 5.41 Å². The molecule has 2 atom stereocenters. The van der Waals surface area contributed by atoms with Gasteiger partial charge >= 0.3 is 0 Å². The summed E-state index contributed by atoms with van der Waals surface area (Å²) in [5, 5.41) is 5.86. The minimum atomic E-state index is -0.445. The van der Waals surface area contributed by atoms with Crippen molar-refractivity contribution in [3.05, 3.63) is 0 Å². The molecule has 0 aromatic rings. The van der Waals surface area contributed by atoms with Crippen LogP contribution in [0.4, 0.5) is 0 Å². The van der Waals surface area contributed by atoms with E-state index in [4.69, 9.17) is 0 Å². The van der Waals surface area contributed by atoms with Crippen LogP contribution in [0.15, 0.2) is 0 Å². The summed E-state index contributed by atoms with van der Waals surface area (Å²) in [5.74, 6) is 2.48. The molecule has 4 heteroatoms. The molecule has 0 saturated heterocycles. The standard InChI is InChI=1S/C17H28N2O2/c1-10(18-12(3)20)16(21)19-11(2)17-7-13-4-14(8-17)6-15(5-13)9-17/h10-11,13-15H,4-9H2,1-3H3,(H,18,20)(H,19,21)/t10-,11-,13?,14?,15?,17?/m0/s1. The molecule has 0 spiro atoms. The van der Waals surface area contributed by atoms with Crippen molar-refractivity contribution >= 4 is 11.8 Å². The van der Waals surface area contributed by atoms with Crippen molar-refractivity contribution in [3.63, 3.8) is 0 Å². The van der Waals surface area contributed by atoms with Gasteiger partial charge in [0, 0.05) is 13.0 Å². The maximum absolute atomic E-state index is 12.3. The Morgan fingerprint density at radius 2 is 1.43 bits per heavy atom. The van der Waals surface area contributed by atoms with Crippen LogP contribution in [0, 0.1) is 23.2 Å². The second-order valence-corrected chi connectivity index (χ2v) is 7.93. The van der Waals surface area contributed by atoms with Gasteiger partial charge in [-0.1, -0.05) is 0 Å². The lowest BCUT2D eigenvalue weighted by Gasteiger charge is -2.59. The minimum absolute atomic E-state index is 0.0477. The second kappa shape index (κ2) is 5.29. The van der Waals surface area contributed by atoms with Gasteiger partial charge in [-0.05, 0) is 75.5 Å². The Balaban J connectivity index is 1.64. The first-order chi connectivity index (χ1) is 9.88. The van der Waals surface area contributed by atoms with E-state index in [1.54, 1.807) is 6.92 Å². The molecular weight excluding hydrogens is 264 g/mol. The molecule has 0 aromatic heterocycles. The Hall–Kier alpha value is -1.06. The summed E-state index contributed by atoms with van der Waals surface area (Å²) in [7, 11) is 0. The van der Waals surface area contributed by atoms with E-state index in [1.807, 2.05) is 0 Å². The van der Waals surface area contributed by atoms with Gasteiger partial charge in [0.1, 0.15) is 6.04 Å². The normalized spacial score (nSPS) is 39.7. The van der Waals surface area contributed by atoms with Crippen molar-refractivity contribution in [2.24, 2.45) is 23.2 Å². The summed E-state index contributed by atoms with van der Waals surface area (Å²) in [5.41, 5.74) is 0.320. The molecule has 0 radical (unpaired) electrons. The van der Waals surface area contributed by atoms with Crippen LogP contribution in [-0.2, 0) is 9.59 Å². The highest BCUT2D eigenvalue weighted by atomic mass is 16.2. The van der Waals surface area contributed by atoms with Gasteiger partial charge in [0.15, 0.2) is 0 Å². The van der Waals surface area contributed by atoms with Crippen LogP contribution >= 0.6 is 0 Å². The summed E-state index contributed by atoms with van der Waals surface area (Å²) in [4.78, 5) is 23.3. The van der Waals surface area contributed by atoms with Crippen LogP contribution in [0.25, 0.3) is 0 Å². The van der Waals surface area contributed by atoms with E-state index in [1.165, 1.54) is 45.4 Å². The van der Waals surface area contributed by atoms with Gasteiger partial charge in [0.05, 0.1) is 0 Å². The highest BCUT2D eigenvalue weighted by Gasteiger charge is 2.53. The molecule has 4 nitrogen and oxygen atoms in total. The number of nitrogens with one attached hydrogen (secondary N) is 2. The van der Waals surface area contributed by atoms with Crippen molar-refractivity contribution < 1.29 is 9.59 Å². The third-order valence-electron chi connectivity index (χ3n) is 6.18. The molecule has 4 saturated carbocycles. The smallest absolute Gasteiger partial charge is 0.242 e. The van der Waals surface area contributed by atoms with Crippen LogP contribution in [0.3, 0.4) is 0 Å². The van der Waals surface area contributed by atoms with Crippen LogP contribution in [0.5, 0.6) is 0 Å². The predicted molar refractivity (Wildman–Crippen MR) is 81.5 cm³/mol. The van der Waals surface area contributed by atoms with Crippen molar-refractivity contribution in [1.29, 1.82) is 0 Å². The summed E-state index contributed by atoms with van der Waals surface area (Å²) < 4.78 is 0. The van der Waals surface area contributed by atoms with Crippen LogP contribution in [0.2, 0.25) is 0 Å². The molecule has 0 aliphatic heterocycles. The summed E-state index contributed by atoms with van der Waals surface area (Å²) in [6.45, 7) is 5.38. The number of rotatable bonds is 4. The SMILES string of the molecule is CC(=O)N[C@@H](C)C(=O)N[C@@H](C)C12CC3CC(CC(C3)C1)C2. The van der Waals surface area contributed by atoms with Gasteiger partial charge < -0.3 is 10.6 Å². The van der Waals surface area contributed by atoms with Gasteiger partial charge in [-0.15, -0.1) is 0 Å². The molecule has 4 aliphatic rings. The molecular formula is C17H28N2O2. The number of hydrogen-bond donors (Lipinski definition) is 2. The first kappa shape index (κ1) is 14.9. The molecule has 4 bridgehead atoms. The zero-order chi connectivity index (χ0) is 15.2. The van der Waals surface area contributed by atoms with E-state index < -0.39 is 6.04 Å². The molecule has 0 heterocycles. The molecule has 4 fully saturated rings.